The minimum Gasteiger partial charge on any atom is -0.477 e. The van der Waals surface area contributed by atoms with Crippen LogP contribution < -0.4 is 16.5 Å². The van der Waals surface area contributed by atoms with E-state index in [4.69, 9.17) is 16.3 Å². The molecule has 0 saturated heterocycles. The fraction of sp³-hybridized carbons (Fsp3) is 0.261. The number of amides is 1. The van der Waals surface area contributed by atoms with Gasteiger partial charge in [0, 0.05) is 17.4 Å². The Kier molecular flexibility index (Phi) is 5.96. The van der Waals surface area contributed by atoms with Gasteiger partial charge in [0.1, 0.15) is 5.56 Å². The van der Waals surface area contributed by atoms with Crippen LogP contribution in [0.3, 0.4) is 0 Å². The van der Waals surface area contributed by atoms with Crippen LogP contribution in [0.1, 0.15) is 52.6 Å². The number of nitrogen functional groups attached to an aromatic ring is 2. The molecule has 0 aliphatic heterocycles. The topological polar surface area (TPSA) is 137 Å². The highest BCUT2D eigenvalue weighted by Gasteiger charge is 2.23. The second-order valence-corrected chi connectivity index (χ2v) is 8.52. The standard InChI is InChI=1S/C23H27N5O4/c1-13-6-7-14(8-19(13)27-12-18(22(30)31)20(25)26-27)21(29)28(32-5)17-10-15(23(2,3)4)9-16(24)11-17/h6-12H,24H2,1-5H3,(H2,25,26)(H,30,31). The molecule has 0 aliphatic carbocycles. The summed E-state index contributed by atoms with van der Waals surface area (Å²) in [5.41, 5.74) is 15.1. The molecule has 9 heteroatoms. The van der Waals surface area contributed by atoms with Crippen LogP contribution >= 0.6 is 0 Å². The molecule has 1 aromatic heterocycles. The number of benzene rings is 2. The molecule has 0 aliphatic rings. The first-order chi connectivity index (χ1) is 14.9. The summed E-state index contributed by atoms with van der Waals surface area (Å²) in [5.74, 6) is -1.71. The number of hydrogen-bond acceptors (Lipinski definition) is 6. The lowest BCUT2D eigenvalue weighted by Gasteiger charge is -2.25. The van der Waals surface area contributed by atoms with Crippen LogP contribution in [0.15, 0.2) is 42.6 Å². The predicted molar refractivity (Wildman–Crippen MR) is 123 cm³/mol. The largest absolute Gasteiger partial charge is 0.477 e. The van der Waals surface area contributed by atoms with Crippen LogP contribution in [0.2, 0.25) is 0 Å². The van der Waals surface area contributed by atoms with Gasteiger partial charge < -0.3 is 16.6 Å². The summed E-state index contributed by atoms with van der Waals surface area (Å²) in [4.78, 5) is 30.1. The average molecular weight is 438 g/mol. The first-order valence-corrected chi connectivity index (χ1v) is 9.91. The van der Waals surface area contributed by atoms with Crippen molar-refractivity contribution in [2.45, 2.75) is 33.1 Å². The summed E-state index contributed by atoms with van der Waals surface area (Å²) >= 11 is 0. The summed E-state index contributed by atoms with van der Waals surface area (Å²) in [7, 11) is 1.40. The maximum Gasteiger partial charge on any atom is 0.341 e. The van der Waals surface area contributed by atoms with E-state index in [2.05, 4.69) is 25.9 Å². The van der Waals surface area contributed by atoms with Crippen molar-refractivity contribution >= 4 is 29.1 Å². The van der Waals surface area contributed by atoms with Crippen molar-refractivity contribution in [3.8, 4) is 5.69 Å². The molecule has 168 valence electrons. The van der Waals surface area contributed by atoms with Crippen molar-refractivity contribution < 1.29 is 19.5 Å². The van der Waals surface area contributed by atoms with Gasteiger partial charge in [-0.15, -0.1) is 5.10 Å². The molecule has 0 radical (unpaired) electrons. The summed E-state index contributed by atoms with van der Waals surface area (Å²) in [6.45, 7) is 7.98. The maximum atomic E-state index is 13.3. The normalized spacial score (nSPS) is 11.4. The van der Waals surface area contributed by atoms with Gasteiger partial charge in [-0.3, -0.25) is 9.63 Å². The van der Waals surface area contributed by atoms with Gasteiger partial charge in [-0.05, 0) is 53.8 Å². The zero-order chi connectivity index (χ0) is 23.8. The van der Waals surface area contributed by atoms with E-state index >= 15 is 0 Å². The number of carboxylic acids is 1. The SMILES string of the molecule is CON(C(=O)c1ccc(C)c(-n2cc(C(=O)O)c(N)n2)c1)c1cc(N)cc(C(C)(C)C)c1. The Morgan fingerprint density at radius 1 is 1.12 bits per heavy atom. The first kappa shape index (κ1) is 22.8. The van der Waals surface area contributed by atoms with Crippen LogP contribution in [0.4, 0.5) is 17.2 Å². The van der Waals surface area contributed by atoms with Gasteiger partial charge in [0.25, 0.3) is 5.91 Å². The van der Waals surface area contributed by atoms with Crippen molar-refractivity contribution in [1.29, 1.82) is 0 Å². The third kappa shape index (κ3) is 4.42. The number of anilines is 3. The lowest BCUT2D eigenvalue weighted by molar-refractivity contribution is 0.0697. The van der Waals surface area contributed by atoms with E-state index in [1.807, 2.05) is 19.1 Å². The summed E-state index contributed by atoms with van der Waals surface area (Å²) in [5, 5.41) is 14.5. The first-order valence-electron chi connectivity index (χ1n) is 9.91. The summed E-state index contributed by atoms with van der Waals surface area (Å²) in [6.07, 6.45) is 1.32. The molecular weight excluding hydrogens is 410 g/mol. The molecule has 3 aromatic rings. The number of hydrogen-bond donors (Lipinski definition) is 3. The number of hydroxylamine groups is 1. The molecule has 32 heavy (non-hydrogen) atoms. The molecule has 0 bridgehead atoms. The fourth-order valence-corrected chi connectivity index (χ4v) is 3.27. The molecule has 9 nitrogen and oxygen atoms in total. The Morgan fingerprint density at radius 2 is 1.81 bits per heavy atom. The Balaban J connectivity index is 2.04. The monoisotopic (exact) mass is 437 g/mol. The third-order valence-corrected chi connectivity index (χ3v) is 5.08. The molecule has 0 saturated carbocycles. The van der Waals surface area contributed by atoms with Gasteiger partial charge in [0.15, 0.2) is 5.82 Å². The van der Waals surface area contributed by atoms with E-state index in [0.29, 0.717) is 22.6 Å². The summed E-state index contributed by atoms with van der Waals surface area (Å²) < 4.78 is 1.35. The minimum absolute atomic E-state index is 0.110. The number of rotatable bonds is 5. The Bertz CT molecular complexity index is 1190. The molecule has 0 unspecified atom stereocenters. The molecule has 0 spiro atoms. The van der Waals surface area contributed by atoms with Gasteiger partial charge in [0.2, 0.25) is 0 Å². The van der Waals surface area contributed by atoms with Crippen LogP contribution in [0.5, 0.6) is 0 Å². The van der Waals surface area contributed by atoms with Crippen LogP contribution in [0, 0.1) is 6.92 Å². The average Bonchev–Trinajstić information content (AvgIpc) is 3.09. The molecular formula is C23H27N5O4. The summed E-state index contributed by atoms with van der Waals surface area (Å²) in [6, 6.07) is 10.4. The van der Waals surface area contributed by atoms with Crippen LogP contribution in [0.25, 0.3) is 5.69 Å². The lowest BCUT2D eigenvalue weighted by atomic mass is 9.86. The predicted octanol–water partition coefficient (Wildman–Crippen LogP) is 3.55. The van der Waals surface area contributed by atoms with E-state index in [0.717, 1.165) is 11.1 Å². The van der Waals surface area contributed by atoms with Crippen molar-refractivity contribution in [3.05, 3.63) is 64.8 Å². The van der Waals surface area contributed by atoms with Crippen molar-refractivity contribution in [2.24, 2.45) is 0 Å². The zero-order valence-corrected chi connectivity index (χ0v) is 18.7. The fourth-order valence-electron chi connectivity index (χ4n) is 3.27. The Labute approximate surface area is 186 Å². The van der Waals surface area contributed by atoms with E-state index in [1.165, 1.54) is 23.1 Å². The number of nitrogens with two attached hydrogens (primary N) is 2. The van der Waals surface area contributed by atoms with Gasteiger partial charge in [-0.1, -0.05) is 26.8 Å². The number of nitrogens with zero attached hydrogens (tertiary/aromatic N) is 3. The maximum absolute atomic E-state index is 13.3. The van der Waals surface area contributed by atoms with E-state index in [-0.39, 0.29) is 16.8 Å². The van der Waals surface area contributed by atoms with Gasteiger partial charge in [-0.25, -0.2) is 9.48 Å². The number of carbonyl (C=O) groups excluding carboxylic acids is 1. The third-order valence-electron chi connectivity index (χ3n) is 5.08. The molecule has 0 fully saturated rings. The lowest BCUT2D eigenvalue weighted by Crippen LogP contribution is -2.30. The van der Waals surface area contributed by atoms with Crippen molar-refractivity contribution in [1.82, 2.24) is 9.78 Å². The second-order valence-electron chi connectivity index (χ2n) is 8.52. The highest BCUT2D eigenvalue weighted by Crippen LogP contribution is 2.30. The van der Waals surface area contributed by atoms with Gasteiger partial charge in [0.05, 0.1) is 18.5 Å². The Hall–Kier alpha value is -3.85. The van der Waals surface area contributed by atoms with Crippen LogP contribution in [-0.4, -0.2) is 33.9 Å². The quantitative estimate of drug-likeness (QED) is 0.410. The highest BCUT2D eigenvalue weighted by atomic mass is 16.7. The van der Waals surface area contributed by atoms with E-state index in [1.54, 1.807) is 24.3 Å². The van der Waals surface area contributed by atoms with Crippen molar-refractivity contribution in [2.75, 3.05) is 23.6 Å². The van der Waals surface area contributed by atoms with E-state index in [9.17, 15) is 14.7 Å². The second kappa shape index (κ2) is 8.35. The number of carbonyl (C=O) groups is 2. The molecule has 3 rings (SSSR count). The highest BCUT2D eigenvalue weighted by molar-refractivity contribution is 6.05. The van der Waals surface area contributed by atoms with Crippen molar-refractivity contribution in [3.63, 3.8) is 0 Å². The molecule has 5 N–H and O–H groups in total. The van der Waals surface area contributed by atoms with Gasteiger partial charge in [-0.2, -0.15) is 5.06 Å². The molecule has 1 amide bonds. The number of aryl methyl sites for hydroxylation is 1. The minimum atomic E-state index is -1.18. The molecule has 2 aromatic carbocycles. The molecule has 0 atom stereocenters. The zero-order valence-electron chi connectivity index (χ0n) is 18.7. The van der Waals surface area contributed by atoms with Crippen LogP contribution in [-0.2, 0) is 10.3 Å². The number of aromatic nitrogens is 2. The molecule has 1 heterocycles. The number of carboxylic acid groups (broad SMARTS) is 1. The van der Waals surface area contributed by atoms with Gasteiger partial charge >= 0.3 is 5.97 Å². The van der Waals surface area contributed by atoms with E-state index < -0.39 is 11.9 Å². The number of aromatic carboxylic acids is 1. The Morgan fingerprint density at radius 3 is 2.38 bits per heavy atom. The smallest absolute Gasteiger partial charge is 0.341 e.